The fraction of sp³-hybridized carbons (Fsp3) is 0.444. The van der Waals surface area contributed by atoms with E-state index in [1.54, 1.807) is 11.0 Å². The zero-order chi connectivity index (χ0) is 17.7. The van der Waals surface area contributed by atoms with Gasteiger partial charge in [0.2, 0.25) is 5.91 Å². The molecule has 25 heavy (non-hydrogen) atoms. The first-order valence-electron chi connectivity index (χ1n) is 8.53. The maximum atomic E-state index is 13.6. The van der Waals surface area contributed by atoms with Crippen LogP contribution in [0, 0.1) is 12.7 Å². The largest absolute Gasteiger partial charge is 0.353 e. The highest BCUT2D eigenvalue weighted by Gasteiger charge is 2.37. The van der Waals surface area contributed by atoms with Gasteiger partial charge in [-0.3, -0.25) is 14.5 Å². The lowest BCUT2D eigenvalue weighted by atomic mass is 10.1. The van der Waals surface area contributed by atoms with Gasteiger partial charge < -0.3 is 14.8 Å². The summed E-state index contributed by atoms with van der Waals surface area (Å²) in [5, 5.41) is 3.62. The molecule has 0 aliphatic carbocycles. The quantitative estimate of drug-likeness (QED) is 0.836. The standard InChI is InChI=1S/C18H21FN4O2/c1-11-13-9-12(19)3-4-14(13)21(2)16(11)18(25)23-8-7-22-6-5-20-17(24)15(22)10-23/h3-4,9,15H,5-8,10H2,1-2H3,(H,20,24)/t15-/m0/s1. The van der Waals surface area contributed by atoms with Crippen LogP contribution in [0.1, 0.15) is 16.1 Å². The van der Waals surface area contributed by atoms with Crippen LogP contribution in [-0.4, -0.2) is 64.9 Å². The Bertz CT molecular complexity index is 876. The van der Waals surface area contributed by atoms with E-state index in [0.29, 0.717) is 31.9 Å². The van der Waals surface area contributed by atoms with Crippen LogP contribution in [0.15, 0.2) is 18.2 Å². The van der Waals surface area contributed by atoms with Crippen molar-refractivity contribution in [2.75, 3.05) is 32.7 Å². The fourth-order valence-corrected chi connectivity index (χ4v) is 4.02. The Morgan fingerprint density at radius 2 is 2.08 bits per heavy atom. The Kier molecular flexibility index (Phi) is 3.76. The molecular weight excluding hydrogens is 323 g/mol. The number of amides is 2. The van der Waals surface area contributed by atoms with Gasteiger partial charge in [0.15, 0.2) is 0 Å². The number of carbonyl (C=O) groups is 2. The lowest BCUT2D eigenvalue weighted by molar-refractivity contribution is -0.131. The molecule has 2 aliphatic heterocycles. The van der Waals surface area contributed by atoms with E-state index in [1.165, 1.54) is 12.1 Å². The van der Waals surface area contributed by atoms with Gasteiger partial charge in [-0.25, -0.2) is 4.39 Å². The minimum Gasteiger partial charge on any atom is -0.353 e. The second-order valence-electron chi connectivity index (χ2n) is 6.79. The molecule has 2 fully saturated rings. The molecule has 1 aromatic heterocycles. The lowest BCUT2D eigenvalue weighted by Crippen LogP contribution is -2.64. The number of fused-ring (bicyclic) bond motifs is 2. The van der Waals surface area contributed by atoms with Crippen LogP contribution in [0.5, 0.6) is 0 Å². The molecule has 7 heteroatoms. The summed E-state index contributed by atoms with van der Waals surface area (Å²) in [6.07, 6.45) is 0. The third kappa shape index (κ3) is 2.50. The van der Waals surface area contributed by atoms with Crippen molar-refractivity contribution < 1.29 is 14.0 Å². The molecule has 0 spiro atoms. The van der Waals surface area contributed by atoms with Gasteiger partial charge in [-0.05, 0) is 30.7 Å². The third-order valence-corrected chi connectivity index (χ3v) is 5.40. The molecular formula is C18H21FN4O2. The molecule has 6 nitrogen and oxygen atoms in total. The smallest absolute Gasteiger partial charge is 0.270 e. The van der Waals surface area contributed by atoms with Crippen LogP contribution in [0.2, 0.25) is 0 Å². The molecule has 1 aromatic carbocycles. The van der Waals surface area contributed by atoms with E-state index in [9.17, 15) is 14.0 Å². The van der Waals surface area contributed by atoms with E-state index in [4.69, 9.17) is 0 Å². The van der Waals surface area contributed by atoms with Gasteiger partial charge in [0.05, 0.1) is 0 Å². The van der Waals surface area contributed by atoms with E-state index in [1.807, 2.05) is 18.5 Å². The summed E-state index contributed by atoms with van der Waals surface area (Å²) in [5.74, 6) is -0.429. The van der Waals surface area contributed by atoms with E-state index in [2.05, 4.69) is 10.2 Å². The minimum atomic E-state index is -0.312. The van der Waals surface area contributed by atoms with Gasteiger partial charge in [-0.15, -0.1) is 0 Å². The van der Waals surface area contributed by atoms with Gasteiger partial charge in [-0.2, -0.15) is 0 Å². The number of rotatable bonds is 1. The number of nitrogens with one attached hydrogen (secondary N) is 1. The topological polar surface area (TPSA) is 57.6 Å². The zero-order valence-electron chi connectivity index (χ0n) is 14.4. The molecule has 3 heterocycles. The van der Waals surface area contributed by atoms with Gasteiger partial charge in [0.1, 0.15) is 17.6 Å². The minimum absolute atomic E-state index is 0.0143. The van der Waals surface area contributed by atoms with Crippen molar-refractivity contribution in [3.8, 4) is 0 Å². The Morgan fingerprint density at radius 1 is 1.28 bits per heavy atom. The molecule has 132 valence electrons. The molecule has 2 amide bonds. The number of nitrogens with zero attached hydrogens (tertiary/aromatic N) is 3. The molecule has 0 radical (unpaired) electrons. The highest BCUT2D eigenvalue weighted by atomic mass is 19.1. The third-order valence-electron chi connectivity index (χ3n) is 5.40. The Labute approximate surface area is 145 Å². The Balaban J connectivity index is 1.67. The van der Waals surface area contributed by atoms with Gasteiger partial charge in [-0.1, -0.05) is 0 Å². The van der Waals surface area contributed by atoms with Crippen LogP contribution >= 0.6 is 0 Å². The maximum Gasteiger partial charge on any atom is 0.270 e. The zero-order valence-corrected chi connectivity index (χ0v) is 14.4. The predicted octanol–water partition coefficient (Wildman–Crippen LogP) is 0.882. The van der Waals surface area contributed by atoms with Crippen molar-refractivity contribution in [1.82, 2.24) is 19.7 Å². The number of hydrogen-bond donors (Lipinski definition) is 1. The SMILES string of the molecule is Cc1c(C(=O)N2CCN3CCNC(=O)[C@@H]3C2)n(C)c2ccc(F)cc12. The first kappa shape index (κ1) is 16.1. The summed E-state index contributed by atoms with van der Waals surface area (Å²) < 4.78 is 15.4. The van der Waals surface area contributed by atoms with Crippen LogP contribution in [0.4, 0.5) is 4.39 Å². The normalized spacial score (nSPS) is 21.3. The second-order valence-corrected chi connectivity index (χ2v) is 6.79. The number of piperazine rings is 2. The summed E-state index contributed by atoms with van der Waals surface area (Å²) in [6.45, 7) is 5.01. The number of carbonyl (C=O) groups excluding carboxylic acids is 2. The Hall–Kier alpha value is -2.41. The van der Waals surface area contributed by atoms with Crippen LogP contribution in [-0.2, 0) is 11.8 Å². The summed E-state index contributed by atoms with van der Waals surface area (Å²) in [7, 11) is 1.82. The van der Waals surface area contributed by atoms with Crippen LogP contribution in [0.3, 0.4) is 0 Å². The average Bonchev–Trinajstić information content (AvgIpc) is 2.85. The summed E-state index contributed by atoms with van der Waals surface area (Å²) >= 11 is 0. The number of aromatic nitrogens is 1. The molecule has 0 bridgehead atoms. The number of halogens is 1. The summed E-state index contributed by atoms with van der Waals surface area (Å²) in [5.41, 5.74) is 2.17. The Morgan fingerprint density at radius 3 is 2.88 bits per heavy atom. The van der Waals surface area contributed by atoms with Gasteiger partial charge in [0, 0.05) is 50.7 Å². The number of hydrogen-bond acceptors (Lipinski definition) is 3. The first-order valence-corrected chi connectivity index (χ1v) is 8.53. The molecule has 2 aromatic rings. The molecule has 2 saturated heterocycles. The molecule has 4 rings (SSSR count). The van der Waals surface area contributed by atoms with E-state index >= 15 is 0 Å². The monoisotopic (exact) mass is 344 g/mol. The van der Waals surface area contributed by atoms with Gasteiger partial charge >= 0.3 is 0 Å². The molecule has 1 atom stereocenters. The molecule has 0 unspecified atom stereocenters. The average molecular weight is 344 g/mol. The van der Waals surface area contributed by atoms with Crippen molar-refractivity contribution in [2.45, 2.75) is 13.0 Å². The van der Waals surface area contributed by atoms with Crippen molar-refractivity contribution in [1.29, 1.82) is 0 Å². The van der Waals surface area contributed by atoms with Gasteiger partial charge in [0.25, 0.3) is 5.91 Å². The maximum absolute atomic E-state index is 13.6. The number of aryl methyl sites for hydroxylation is 2. The van der Waals surface area contributed by atoms with Crippen LogP contribution < -0.4 is 5.32 Å². The van der Waals surface area contributed by atoms with Crippen LogP contribution in [0.25, 0.3) is 10.9 Å². The van der Waals surface area contributed by atoms with Crippen molar-refractivity contribution in [3.05, 3.63) is 35.3 Å². The summed E-state index contributed by atoms with van der Waals surface area (Å²) in [6, 6.07) is 4.29. The van der Waals surface area contributed by atoms with Crippen molar-refractivity contribution >= 4 is 22.7 Å². The molecule has 1 N–H and O–H groups in total. The fourth-order valence-electron chi connectivity index (χ4n) is 4.02. The van der Waals surface area contributed by atoms with E-state index in [-0.39, 0.29) is 23.7 Å². The van der Waals surface area contributed by atoms with E-state index < -0.39 is 0 Å². The number of benzene rings is 1. The highest BCUT2D eigenvalue weighted by molar-refractivity contribution is 6.02. The predicted molar refractivity (Wildman–Crippen MR) is 91.9 cm³/mol. The lowest BCUT2D eigenvalue weighted by Gasteiger charge is -2.43. The van der Waals surface area contributed by atoms with Crippen molar-refractivity contribution in [3.63, 3.8) is 0 Å². The van der Waals surface area contributed by atoms with Crippen molar-refractivity contribution in [2.24, 2.45) is 7.05 Å². The second kappa shape index (κ2) is 5.84. The van der Waals surface area contributed by atoms with E-state index in [0.717, 1.165) is 23.0 Å². The highest BCUT2D eigenvalue weighted by Crippen LogP contribution is 2.27. The molecule has 0 saturated carbocycles. The summed E-state index contributed by atoms with van der Waals surface area (Å²) in [4.78, 5) is 29.1. The molecule has 2 aliphatic rings. The first-order chi connectivity index (χ1) is 12.0.